The van der Waals surface area contributed by atoms with Gasteiger partial charge in [-0.2, -0.15) is 0 Å². The second-order valence-electron chi connectivity index (χ2n) is 6.32. The molecule has 0 aliphatic rings. The van der Waals surface area contributed by atoms with E-state index in [0.29, 0.717) is 16.4 Å². The van der Waals surface area contributed by atoms with Crippen molar-refractivity contribution in [3.63, 3.8) is 0 Å². The molecule has 0 radical (unpaired) electrons. The number of rotatable bonds is 5. The Bertz CT molecular complexity index is 1000. The van der Waals surface area contributed by atoms with Crippen LogP contribution in [0.2, 0.25) is 5.02 Å². The van der Waals surface area contributed by atoms with Crippen molar-refractivity contribution in [2.24, 2.45) is 0 Å². The van der Waals surface area contributed by atoms with Crippen LogP contribution >= 0.6 is 11.6 Å². The van der Waals surface area contributed by atoms with Gasteiger partial charge < -0.3 is 15.5 Å². The first-order valence-electron chi connectivity index (χ1n) is 8.53. The van der Waals surface area contributed by atoms with Crippen LogP contribution in [-0.2, 0) is 0 Å². The lowest BCUT2D eigenvalue weighted by Crippen LogP contribution is -2.16. The molecular formula is C21H19ClN4O2. The lowest BCUT2D eigenvalue weighted by Gasteiger charge is -2.13. The average Bonchev–Trinajstić information content (AvgIpc) is 2.68. The molecule has 3 rings (SSSR count). The maximum atomic E-state index is 12.5. The minimum atomic E-state index is -0.375. The van der Waals surface area contributed by atoms with E-state index in [1.165, 1.54) is 18.5 Å². The van der Waals surface area contributed by atoms with Crippen molar-refractivity contribution >= 4 is 40.5 Å². The molecule has 28 heavy (non-hydrogen) atoms. The van der Waals surface area contributed by atoms with Crippen molar-refractivity contribution in [3.05, 3.63) is 83.1 Å². The lowest BCUT2D eigenvalue weighted by molar-refractivity contribution is 0.102. The van der Waals surface area contributed by atoms with E-state index in [9.17, 15) is 9.59 Å². The molecule has 1 aromatic heterocycles. The minimum absolute atomic E-state index is 0.274. The highest BCUT2D eigenvalue weighted by molar-refractivity contribution is 6.31. The van der Waals surface area contributed by atoms with E-state index < -0.39 is 0 Å². The first-order chi connectivity index (χ1) is 13.4. The number of carbonyl (C=O) groups is 2. The van der Waals surface area contributed by atoms with Crippen molar-refractivity contribution in [1.82, 2.24) is 4.98 Å². The third-order valence-electron chi connectivity index (χ3n) is 3.99. The fraction of sp³-hybridized carbons (Fsp3) is 0.0952. The van der Waals surface area contributed by atoms with E-state index in [0.717, 1.165) is 5.69 Å². The highest BCUT2D eigenvalue weighted by Gasteiger charge is 2.12. The van der Waals surface area contributed by atoms with Crippen LogP contribution in [-0.4, -0.2) is 30.9 Å². The number of hydrogen-bond acceptors (Lipinski definition) is 4. The lowest BCUT2D eigenvalue weighted by atomic mass is 10.1. The van der Waals surface area contributed by atoms with Crippen LogP contribution in [0.1, 0.15) is 20.7 Å². The smallest absolute Gasteiger partial charge is 0.257 e. The van der Waals surface area contributed by atoms with Crippen molar-refractivity contribution < 1.29 is 9.59 Å². The van der Waals surface area contributed by atoms with Crippen LogP contribution in [0.5, 0.6) is 0 Å². The number of amides is 2. The van der Waals surface area contributed by atoms with Gasteiger partial charge in [0.2, 0.25) is 0 Å². The highest BCUT2D eigenvalue weighted by atomic mass is 35.5. The van der Waals surface area contributed by atoms with Crippen LogP contribution < -0.4 is 15.5 Å². The quantitative estimate of drug-likeness (QED) is 0.676. The van der Waals surface area contributed by atoms with Gasteiger partial charge in [-0.05, 0) is 48.5 Å². The zero-order valence-electron chi connectivity index (χ0n) is 15.4. The van der Waals surface area contributed by atoms with Crippen molar-refractivity contribution in [3.8, 4) is 0 Å². The second-order valence-corrected chi connectivity index (χ2v) is 6.76. The number of pyridine rings is 1. The molecule has 0 saturated carbocycles. The number of aromatic nitrogens is 1. The number of hydrogen-bond donors (Lipinski definition) is 2. The molecule has 0 aliphatic carbocycles. The number of anilines is 3. The van der Waals surface area contributed by atoms with Gasteiger partial charge >= 0.3 is 0 Å². The molecule has 0 fully saturated rings. The molecule has 1 heterocycles. The van der Waals surface area contributed by atoms with Crippen molar-refractivity contribution in [2.75, 3.05) is 29.6 Å². The molecule has 6 nitrogen and oxygen atoms in total. The van der Waals surface area contributed by atoms with E-state index in [1.54, 1.807) is 24.3 Å². The Kier molecular flexibility index (Phi) is 5.91. The summed E-state index contributed by atoms with van der Waals surface area (Å²) in [5.74, 6) is -0.720. The highest BCUT2D eigenvalue weighted by Crippen LogP contribution is 2.18. The van der Waals surface area contributed by atoms with E-state index in [-0.39, 0.29) is 22.9 Å². The molecule has 0 atom stereocenters. The molecule has 0 spiro atoms. The fourth-order valence-corrected chi connectivity index (χ4v) is 2.69. The SMILES string of the molecule is CN(C)c1ccc(NC(=O)c2cncc(C(=O)Nc3cccc(Cl)c3)c2)cc1. The summed E-state index contributed by atoms with van der Waals surface area (Å²) in [5, 5.41) is 6.05. The summed E-state index contributed by atoms with van der Waals surface area (Å²) >= 11 is 5.93. The molecular weight excluding hydrogens is 376 g/mol. The molecule has 2 N–H and O–H groups in total. The first-order valence-corrected chi connectivity index (χ1v) is 8.91. The molecule has 0 unspecified atom stereocenters. The summed E-state index contributed by atoms with van der Waals surface area (Å²) in [6.45, 7) is 0. The van der Waals surface area contributed by atoms with Crippen LogP contribution in [0.15, 0.2) is 67.0 Å². The van der Waals surface area contributed by atoms with Gasteiger partial charge in [-0.1, -0.05) is 17.7 Å². The van der Waals surface area contributed by atoms with Crippen molar-refractivity contribution in [1.29, 1.82) is 0 Å². The molecule has 3 aromatic rings. The van der Waals surface area contributed by atoms with Gasteiger partial charge in [-0.3, -0.25) is 14.6 Å². The molecule has 0 saturated heterocycles. The van der Waals surface area contributed by atoms with Gasteiger partial charge in [0.25, 0.3) is 11.8 Å². The van der Waals surface area contributed by atoms with Crippen LogP contribution in [0, 0.1) is 0 Å². The molecule has 7 heteroatoms. The Labute approximate surface area is 168 Å². The normalized spacial score (nSPS) is 10.2. The Morgan fingerprint density at radius 3 is 2.04 bits per heavy atom. The Balaban J connectivity index is 1.71. The Morgan fingerprint density at radius 1 is 0.857 bits per heavy atom. The standard InChI is InChI=1S/C21H19ClN4O2/c1-26(2)19-8-6-17(7-9-19)24-20(27)14-10-15(13-23-12-14)21(28)25-18-5-3-4-16(22)11-18/h3-13H,1-2H3,(H,24,27)(H,25,28). The number of nitrogens with zero attached hydrogens (tertiary/aromatic N) is 2. The number of benzene rings is 2. The Hall–Kier alpha value is -3.38. The maximum absolute atomic E-state index is 12.5. The molecule has 2 aromatic carbocycles. The zero-order chi connectivity index (χ0) is 20.1. The molecule has 0 bridgehead atoms. The maximum Gasteiger partial charge on any atom is 0.257 e. The minimum Gasteiger partial charge on any atom is -0.378 e. The molecule has 0 aliphatic heterocycles. The van der Waals surface area contributed by atoms with Crippen LogP contribution in [0.3, 0.4) is 0 Å². The second kappa shape index (κ2) is 8.54. The fourth-order valence-electron chi connectivity index (χ4n) is 2.50. The monoisotopic (exact) mass is 394 g/mol. The Morgan fingerprint density at radius 2 is 1.46 bits per heavy atom. The van der Waals surface area contributed by atoms with E-state index >= 15 is 0 Å². The third-order valence-corrected chi connectivity index (χ3v) is 4.22. The summed E-state index contributed by atoms with van der Waals surface area (Å²) in [6.07, 6.45) is 2.82. The van der Waals surface area contributed by atoms with E-state index in [4.69, 9.17) is 11.6 Å². The number of carbonyl (C=O) groups excluding carboxylic acids is 2. The summed E-state index contributed by atoms with van der Waals surface area (Å²) in [7, 11) is 3.89. The van der Waals surface area contributed by atoms with Crippen LogP contribution in [0.4, 0.5) is 17.1 Å². The summed E-state index contributed by atoms with van der Waals surface area (Å²) < 4.78 is 0. The molecule has 2 amide bonds. The van der Waals surface area contributed by atoms with Crippen molar-refractivity contribution in [2.45, 2.75) is 0 Å². The predicted molar refractivity (Wildman–Crippen MR) is 112 cm³/mol. The zero-order valence-corrected chi connectivity index (χ0v) is 16.2. The largest absolute Gasteiger partial charge is 0.378 e. The first kappa shape index (κ1) is 19.4. The van der Waals surface area contributed by atoms with Crippen LogP contribution in [0.25, 0.3) is 0 Å². The van der Waals surface area contributed by atoms with E-state index in [1.807, 2.05) is 43.3 Å². The van der Waals surface area contributed by atoms with Gasteiger partial charge in [0.1, 0.15) is 0 Å². The average molecular weight is 395 g/mol. The van der Waals surface area contributed by atoms with Gasteiger partial charge in [-0.15, -0.1) is 0 Å². The van der Waals surface area contributed by atoms with Gasteiger partial charge in [-0.25, -0.2) is 0 Å². The topological polar surface area (TPSA) is 74.3 Å². The summed E-state index contributed by atoms with van der Waals surface area (Å²) in [4.78, 5) is 30.9. The summed E-state index contributed by atoms with van der Waals surface area (Å²) in [6, 6.07) is 15.8. The number of halogens is 1. The third kappa shape index (κ3) is 4.86. The number of nitrogens with one attached hydrogen (secondary N) is 2. The van der Waals surface area contributed by atoms with E-state index in [2.05, 4.69) is 15.6 Å². The predicted octanol–water partition coefficient (Wildman–Crippen LogP) is 4.31. The van der Waals surface area contributed by atoms with Gasteiger partial charge in [0.15, 0.2) is 0 Å². The van der Waals surface area contributed by atoms with Gasteiger partial charge in [0, 0.05) is 48.6 Å². The summed E-state index contributed by atoms with van der Waals surface area (Å²) in [5.41, 5.74) is 2.81. The van der Waals surface area contributed by atoms with Gasteiger partial charge in [0.05, 0.1) is 11.1 Å². The molecule has 142 valence electrons.